The highest BCUT2D eigenvalue weighted by atomic mass is 16.5. The molecule has 2 amide bonds. The number of para-hydroxylation sites is 1. The van der Waals surface area contributed by atoms with Crippen molar-refractivity contribution in [1.82, 2.24) is 10.2 Å². The van der Waals surface area contributed by atoms with Crippen LogP contribution < -0.4 is 19.9 Å². The fraction of sp³-hybridized carbons (Fsp3) is 0.382. The Morgan fingerprint density at radius 3 is 2.52 bits per heavy atom. The topological polar surface area (TPSA) is 82.2 Å². The van der Waals surface area contributed by atoms with Crippen LogP contribution in [-0.4, -0.2) is 63.8 Å². The minimum Gasteiger partial charge on any atom is -0.495 e. The van der Waals surface area contributed by atoms with E-state index in [1.165, 1.54) is 6.08 Å². The van der Waals surface area contributed by atoms with Crippen LogP contribution in [-0.2, 0) is 16.0 Å². The quantitative estimate of drug-likeness (QED) is 0.322. The van der Waals surface area contributed by atoms with Crippen LogP contribution in [0.4, 0.5) is 11.4 Å². The van der Waals surface area contributed by atoms with Crippen molar-refractivity contribution in [2.75, 3.05) is 50.6 Å². The van der Waals surface area contributed by atoms with Crippen molar-refractivity contribution < 1.29 is 19.1 Å². The van der Waals surface area contributed by atoms with E-state index in [9.17, 15) is 14.4 Å². The predicted octanol–water partition coefficient (Wildman–Crippen LogP) is 5.36. The number of allylic oxidation sites excluding steroid dienone is 2. The summed E-state index contributed by atoms with van der Waals surface area (Å²) >= 11 is 0. The van der Waals surface area contributed by atoms with Crippen molar-refractivity contribution in [3.63, 3.8) is 0 Å². The molecule has 0 saturated heterocycles. The van der Waals surface area contributed by atoms with Gasteiger partial charge in [0.15, 0.2) is 0 Å². The molecule has 0 fully saturated rings. The van der Waals surface area contributed by atoms with Crippen molar-refractivity contribution >= 4 is 29.5 Å². The molecule has 8 heteroatoms. The minimum atomic E-state index is -0.150. The van der Waals surface area contributed by atoms with Gasteiger partial charge in [0.25, 0.3) is 5.91 Å². The highest BCUT2D eigenvalue weighted by Gasteiger charge is 2.39. The number of ether oxygens (including phenoxy) is 1. The second-order valence-corrected chi connectivity index (χ2v) is 10.8. The summed E-state index contributed by atoms with van der Waals surface area (Å²) < 4.78 is 5.58. The lowest BCUT2D eigenvalue weighted by Gasteiger charge is -2.26. The molecule has 0 aromatic heterocycles. The van der Waals surface area contributed by atoms with E-state index >= 15 is 0 Å². The fourth-order valence-corrected chi connectivity index (χ4v) is 5.29. The zero-order valence-corrected chi connectivity index (χ0v) is 25.6. The van der Waals surface area contributed by atoms with Crippen LogP contribution in [0.3, 0.4) is 0 Å². The van der Waals surface area contributed by atoms with Crippen LogP contribution >= 0.6 is 0 Å². The third kappa shape index (κ3) is 7.76. The van der Waals surface area contributed by atoms with E-state index in [4.69, 9.17) is 4.74 Å². The van der Waals surface area contributed by atoms with Gasteiger partial charge in [-0.15, -0.1) is 0 Å². The molecule has 42 heavy (non-hydrogen) atoms. The molecule has 2 aromatic rings. The van der Waals surface area contributed by atoms with E-state index in [-0.39, 0.29) is 17.2 Å². The number of hydrogen-bond acceptors (Lipinski definition) is 6. The molecule has 4 rings (SSSR count). The second kappa shape index (κ2) is 15.2. The Kier molecular flexibility index (Phi) is 11.7. The van der Waals surface area contributed by atoms with Crippen molar-refractivity contribution in [1.29, 1.82) is 0 Å². The van der Waals surface area contributed by atoms with E-state index < -0.39 is 0 Å². The molecular formula is C34H44N4O4. The average molecular weight is 573 g/mol. The third-order valence-corrected chi connectivity index (χ3v) is 7.76. The van der Waals surface area contributed by atoms with E-state index in [0.717, 1.165) is 49.1 Å². The van der Waals surface area contributed by atoms with Gasteiger partial charge in [-0.1, -0.05) is 37.8 Å². The first-order valence-corrected chi connectivity index (χ1v) is 14.5. The summed E-state index contributed by atoms with van der Waals surface area (Å²) in [5, 5.41) is 2.92. The Morgan fingerprint density at radius 2 is 1.88 bits per heavy atom. The number of nitrogens with one attached hydrogen (secondary N) is 1. The van der Waals surface area contributed by atoms with Gasteiger partial charge >= 0.3 is 0 Å². The Labute approximate surface area is 250 Å². The summed E-state index contributed by atoms with van der Waals surface area (Å²) in [7, 11) is 5.65. The molecule has 1 atom stereocenters. The lowest BCUT2D eigenvalue weighted by atomic mass is 9.79. The summed E-state index contributed by atoms with van der Waals surface area (Å²) in [6.45, 7) is 10.1. The van der Waals surface area contributed by atoms with Gasteiger partial charge in [-0.2, -0.15) is 0 Å². The number of amides is 2. The van der Waals surface area contributed by atoms with Crippen molar-refractivity contribution in [2.24, 2.45) is 5.41 Å². The number of rotatable bonds is 9. The molecule has 1 spiro atoms. The zero-order valence-electron chi connectivity index (χ0n) is 25.6. The number of benzene rings is 2. The number of carbonyl (C=O) groups is 3. The van der Waals surface area contributed by atoms with Gasteiger partial charge in [0.2, 0.25) is 5.91 Å². The molecule has 1 heterocycles. The first-order chi connectivity index (χ1) is 20.2. The highest BCUT2D eigenvalue weighted by Crippen LogP contribution is 2.46. The molecular weight excluding hydrogens is 528 g/mol. The van der Waals surface area contributed by atoms with E-state index in [2.05, 4.69) is 50.0 Å². The Morgan fingerprint density at radius 1 is 1.14 bits per heavy atom. The smallest absolute Gasteiger partial charge is 0.258 e. The summed E-state index contributed by atoms with van der Waals surface area (Å²) in [6.07, 6.45) is 10.5. The molecule has 0 radical (unpaired) electrons. The number of hydrogen-bond donors (Lipinski definition) is 1. The summed E-state index contributed by atoms with van der Waals surface area (Å²) in [5.41, 5.74) is 3.85. The van der Waals surface area contributed by atoms with Crippen LogP contribution in [0.25, 0.3) is 0 Å². The average Bonchev–Trinajstić information content (AvgIpc) is 3.34. The van der Waals surface area contributed by atoms with Crippen LogP contribution in [0.2, 0.25) is 0 Å². The van der Waals surface area contributed by atoms with Gasteiger partial charge < -0.3 is 24.8 Å². The number of fused-ring (bicyclic) bond motifs is 1. The summed E-state index contributed by atoms with van der Waals surface area (Å²) in [5.74, 6) is 0.383. The van der Waals surface area contributed by atoms with Crippen molar-refractivity contribution in [2.45, 2.75) is 39.5 Å². The molecule has 224 valence electrons. The third-order valence-electron chi connectivity index (χ3n) is 7.76. The van der Waals surface area contributed by atoms with Crippen LogP contribution in [0.15, 0.2) is 79.2 Å². The van der Waals surface area contributed by atoms with Gasteiger partial charge in [-0.25, -0.2) is 0 Å². The molecule has 2 aromatic carbocycles. The number of nitrogens with zero attached hydrogens (tertiary/aromatic N) is 3. The number of aldehydes is 1. The summed E-state index contributed by atoms with van der Waals surface area (Å²) in [6, 6.07) is 13.3. The standard InChI is InChI=1S/C30H33N3O4.C4H11N/c1-4-31-28(35)24-13-14-30(21-24)15-17-33(25-10-7-6-9-23(25)20-30)29(36)22-11-12-26(27(19-22)37-3)32(5-2)16-8-18-34;1-4-5(2)3/h5-12,16,18-19,21H,2,4,13-15,17,20H2,1,3H3,(H,31,35);4H2,1-3H3/b16-8-;. The van der Waals surface area contributed by atoms with Crippen LogP contribution in [0.1, 0.15) is 49.0 Å². The van der Waals surface area contributed by atoms with E-state index in [0.29, 0.717) is 36.4 Å². The Hall–Kier alpha value is -4.17. The number of anilines is 2. The van der Waals surface area contributed by atoms with Crippen LogP contribution in [0.5, 0.6) is 5.75 Å². The SMILES string of the molecule is C=CN(/C=C\C=O)c1ccc(C(=O)N2CCC3(C=C(C(=O)NCC)CC3)Cc3ccccc32)cc1OC.CCN(C)C. The highest BCUT2D eigenvalue weighted by molar-refractivity contribution is 6.07. The maximum absolute atomic E-state index is 13.9. The molecule has 1 unspecified atom stereocenters. The molecule has 0 saturated carbocycles. The van der Waals surface area contributed by atoms with Gasteiger partial charge in [-0.3, -0.25) is 14.4 Å². The van der Waals surface area contributed by atoms with Crippen LogP contribution in [0, 0.1) is 5.41 Å². The molecule has 8 nitrogen and oxygen atoms in total. The largest absolute Gasteiger partial charge is 0.495 e. The Balaban J connectivity index is 0.000000892. The fourth-order valence-electron chi connectivity index (χ4n) is 5.29. The monoisotopic (exact) mass is 572 g/mol. The molecule has 2 aliphatic rings. The van der Waals surface area contributed by atoms with Gasteiger partial charge in [0.05, 0.1) is 12.8 Å². The number of methoxy groups -OCH3 is 1. The van der Waals surface area contributed by atoms with Crippen molar-refractivity contribution in [3.8, 4) is 5.75 Å². The maximum Gasteiger partial charge on any atom is 0.258 e. The van der Waals surface area contributed by atoms with E-state index in [1.807, 2.05) is 30.0 Å². The predicted molar refractivity (Wildman–Crippen MR) is 170 cm³/mol. The lowest BCUT2D eigenvalue weighted by Crippen LogP contribution is -2.33. The normalized spacial score (nSPS) is 17.6. The molecule has 1 N–H and O–H groups in total. The van der Waals surface area contributed by atoms with Gasteiger partial charge in [0, 0.05) is 42.3 Å². The first-order valence-electron chi connectivity index (χ1n) is 14.5. The van der Waals surface area contributed by atoms with E-state index in [1.54, 1.807) is 42.6 Å². The second-order valence-electron chi connectivity index (χ2n) is 10.8. The van der Waals surface area contributed by atoms with Gasteiger partial charge in [-0.05, 0) is 94.6 Å². The first kappa shape index (κ1) is 32.3. The number of carbonyl (C=O) groups excluding carboxylic acids is 3. The zero-order chi connectivity index (χ0) is 30.7. The molecule has 0 bridgehead atoms. The molecule has 1 aliphatic heterocycles. The summed E-state index contributed by atoms with van der Waals surface area (Å²) in [4.78, 5) is 42.8. The minimum absolute atomic E-state index is 0.00794. The Bertz CT molecular complexity index is 1330. The maximum atomic E-state index is 13.9. The van der Waals surface area contributed by atoms with Crippen molar-refractivity contribution in [3.05, 3.63) is 90.3 Å². The lowest BCUT2D eigenvalue weighted by molar-refractivity contribution is -0.117. The molecule has 1 aliphatic carbocycles. The van der Waals surface area contributed by atoms with Gasteiger partial charge in [0.1, 0.15) is 12.0 Å². The number of likely N-dealkylation sites (N-methyl/N-ethyl adjacent to an activating group) is 1.